The first-order chi connectivity index (χ1) is 32.7. The van der Waals surface area contributed by atoms with Crippen molar-refractivity contribution in [3.8, 4) is 28.4 Å². The second kappa shape index (κ2) is 23.4. The van der Waals surface area contributed by atoms with Gasteiger partial charge in [0.05, 0.1) is 29.8 Å². The minimum absolute atomic E-state index is 0.00829. The molecule has 0 radical (unpaired) electrons. The summed E-state index contributed by atoms with van der Waals surface area (Å²) in [6, 6.07) is 29.5. The van der Waals surface area contributed by atoms with Crippen LogP contribution in [0, 0.1) is 27.9 Å². The SMILES string of the molecule is C=CCCOC(=O)N(CCC)[C@H]1CC(=NOCc2ccc([N+](=O)[O-])cc2)C2=C[C@H](CCCCO)[C@@H](CCCCO)[C@@H]3c4cc(Oc5ccc(-c6ccccc6)cc5)ccc4O[C@@]1(OCC=C)[C@H]23. The van der Waals surface area contributed by atoms with Crippen LogP contribution < -0.4 is 9.47 Å². The third-order valence-corrected chi connectivity index (χ3v) is 13.0. The first-order valence-corrected chi connectivity index (χ1v) is 23.6. The van der Waals surface area contributed by atoms with E-state index in [2.05, 4.69) is 37.4 Å². The van der Waals surface area contributed by atoms with E-state index in [9.17, 15) is 25.1 Å². The van der Waals surface area contributed by atoms with Crippen LogP contribution in [0.1, 0.15) is 81.8 Å². The summed E-state index contributed by atoms with van der Waals surface area (Å²) in [5.74, 6) is -0.317. The summed E-state index contributed by atoms with van der Waals surface area (Å²) in [6.07, 6.45) is 10.8. The van der Waals surface area contributed by atoms with Gasteiger partial charge < -0.3 is 34.0 Å². The van der Waals surface area contributed by atoms with Crippen molar-refractivity contribution in [2.75, 3.05) is 33.0 Å². The second-order valence-corrected chi connectivity index (χ2v) is 17.3. The summed E-state index contributed by atoms with van der Waals surface area (Å²) in [6.45, 7) is 10.6. The van der Waals surface area contributed by atoms with E-state index in [0.717, 1.165) is 47.9 Å². The maximum absolute atomic E-state index is 14.4. The van der Waals surface area contributed by atoms with Crippen LogP contribution in [0.2, 0.25) is 0 Å². The number of rotatable bonds is 24. The maximum atomic E-state index is 14.4. The highest BCUT2D eigenvalue weighted by atomic mass is 16.7. The number of carbonyl (C=O) groups excluding carboxylic acids is 1. The molecule has 6 atom stereocenters. The van der Waals surface area contributed by atoms with Crippen molar-refractivity contribution >= 4 is 17.5 Å². The summed E-state index contributed by atoms with van der Waals surface area (Å²) >= 11 is 0. The van der Waals surface area contributed by atoms with Crippen LogP contribution in [0.5, 0.6) is 17.2 Å². The van der Waals surface area contributed by atoms with Gasteiger partial charge in [-0.05, 0) is 115 Å². The quantitative estimate of drug-likeness (QED) is 0.0299. The third-order valence-electron chi connectivity index (χ3n) is 13.0. The van der Waals surface area contributed by atoms with Gasteiger partial charge in [-0.15, -0.1) is 13.2 Å². The van der Waals surface area contributed by atoms with Gasteiger partial charge in [0.2, 0.25) is 5.79 Å². The zero-order valence-corrected chi connectivity index (χ0v) is 38.4. The standard InChI is InChI=1S/C54H63N3O10/c1-4-7-33-63-53(60)56(29-5-2)50-36-48(55-65-37-38-19-23-42(24-20-38)57(61)62)46-34-41(17-11-13-30-58)45(18-12-14-31-59)51-47-35-44(27-28-49(47)67-54(50,52(46)51)64-32-6-3)66-43-25-21-40(22-26-43)39-15-9-8-10-16-39/h4,6,8-10,15-16,19-28,34-35,41,45,50-52,58-59H,1,3,5,7,11-14,17-18,29-33,36-37H2,2H3/t41-,45+,50-,51+,52+,54+/m0/s1. The molecule has 13 heteroatoms. The first kappa shape index (κ1) is 48.6. The number of benzene rings is 4. The molecule has 0 spiro atoms. The lowest BCUT2D eigenvalue weighted by molar-refractivity contribution is -0.384. The zero-order chi connectivity index (χ0) is 47.2. The first-order valence-electron chi connectivity index (χ1n) is 23.6. The minimum atomic E-state index is -1.46. The van der Waals surface area contributed by atoms with E-state index in [1.165, 1.54) is 12.1 Å². The lowest BCUT2D eigenvalue weighted by Crippen LogP contribution is -2.70. The van der Waals surface area contributed by atoms with Gasteiger partial charge in [-0.2, -0.15) is 0 Å². The van der Waals surface area contributed by atoms with Crippen molar-refractivity contribution in [3.05, 3.63) is 155 Å². The molecule has 0 saturated heterocycles. The molecule has 0 aromatic heterocycles. The number of allylic oxidation sites excluding steroid dienone is 1. The molecule has 13 nitrogen and oxygen atoms in total. The molecule has 1 heterocycles. The molecular formula is C54H63N3O10. The number of amides is 1. The number of nitrogens with zero attached hydrogens (tertiary/aromatic N) is 3. The van der Waals surface area contributed by atoms with Crippen LogP contribution in [0.4, 0.5) is 10.5 Å². The number of carbonyl (C=O) groups is 1. The number of ether oxygens (including phenoxy) is 4. The number of nitro groups is 1. The Kier molecular flexibility index (Phi) is 17.0. The van der Waals surface area contributed by atoms with Gasteiger partial charge in [0.25, 0.3) is 5.69 Å². The molecule has 2 aliphatic carbocycles. The monoisotopic (exact) mass is 913 g/mol. The summed E-state index contributed by atoms with van der Waals surface area (Å²) in [5.41, 5.74) is 5.29. The number of aliphatic hydroxyl groups is 2. The van der Waals surface area contributed by atoms with Gasteiger partial charge in [-0.1, -0.05) is 85.6 Å². The lowest BCUT2D eigenvalue weighted by Gasteiger charge is -2.59. The maximum Gasteiger partial charge on any atom is 0.410 e. The number of fused-ring (bicyclic) bond motifs is 2. The number of aliphatic hydroxyl groups excluding tert-OH is 2. The van der Waals surface area contributed by atoms with E-state index < -0.39 is 28.8 Å². The Hall–Kier alpha value is -6.28. The predicted octanol–water partition coefficient (Wildman–Crippen LogP) is 11.3. The molecule has 0 unspecified atom stereocenters. The molecule has 1 saturated carbocycles. The summed E-state index contributed by atoms with van der Waals surface area (Å²) in [7, 11) is 0. The Morgan fingerprint density at radius 3 is 2.33 bits per heavy atom. The van der Waals surface area contributed by atoms with E-state index in [4.69, 9.17) is 28.9 Å². The molecular weight excluding hydrogens is 851 g/mol. The minimum Gasteiger partial charge on any atom is -0.459 e. The number of hydrogen-bond acceptors (Lipinski definition) is 11. The summed E-state index contributed by atoms with van der Waals surface area (Å²) in [4.78, 5) is 33.2. The van der Waals surface area contributed by atoms with Crippen molar-refractivity contribution in [2.24, 2.45) is 22.9 Å². The topological polar surface area (TPSA) is 162 Å². The zero-order valence-electron chi connectivity index (χ0n) is 38.4. The van der Waals surface area contributed by atoms with Gasteiger partial charge in [0, 0.05) is 49.8 Å². The van der Waals surface area contributed by atoms with E-state index in [-0.39, 0.29) is 62.9 Å². The van der Waals surface area contributed by atoms with Gasteiger partial charge in [-0.25, -0.2) is 4.79 Å². The molecule has 1 amide bonds. The molecule has 7 rings (SSSR count). The smallest absolute Gasteiger partial charge is 0.410 e. The Labute approximate surface area is 393 Å². The molecule has 354 valence electrons. The fourth-order valence-corrected chi connectivity index (χ4v) is 10.0. The highest BCUT2D eigenvalue weighted by Gasteiger charge is 2.65. The molecule has 2 N–H and O–H groups in total. The van der Waals surface area contributed by atoms with Gasteiger partial charge in [-0.3, -0.25) is 15.0 Å². The number of non-ortho nitro benzene ring substituents is 1. The van der Waals surface area contributed by atoms with Gasteiger partial charge >= 0.3 is 6.09 Å². The van der Waals surface area contributed by atoms with E-state index >= 15 is 0 Å². The lowest BCUT2D eigenvalue weighted by atomic mass is 9.55. The van der Waals surface area contributed by atoms with Crippen molar-refractivity contribution in [1.29, 1.82) is 0 Å². The van der Waals surface area contributed by atoms with Gasteiger partial charge in [0.15, 0.2) is 0 Å². The van der Waals surface area contributed by atoms with Crippen LogP contribution >= 0.6 is 0 Å². The average molecular weight is 914 g/mol. The fourth-order valence-electron chi connectivity index (χ4n) is 10.0. The number of nitro benzene ring substituents is 1. The van der Waals surface area contributed by atoms with E-state index in [1.807, 2.05) is 61.5 Å². The largest absolute Gasteiger partial charge is 0.459 e. The van der Waals surface area contributed by atoms with Gasteiger partial charge in [0.1, 0.15) is 29.9 Å². The Bertz CT molecular complexity index is 2350. The number of unbranched alkanes of at least 4 members (excludes halogenated alkanes) is 2. The average Bonchev–Trinajstić information content (AvgIpc) is 3.34. The van der Waals surface area contributed by atoms with E-state index in [0.29, 0.717) is 60.8 Å². The second-order valence-electron chi connectivity index (χ2n) is 17.3. The van der Waals surface area contributed by atoms with Crippen LogP contribution in [-0.2, 0) is 20.9 Å². The van der Waals surface area contributed by atoms with Crippen molar-refractivity contribution in [1.82, 2.24) is 4.90 Å². The third kappa shape index (κ3) is 11.3. The van der Waals surface area contributed by atoms with Crippen LogP contribution in [-0.4, -0.2) is 76.6 Å². The van der Waals surface area contributed by atoms with Crippen molar-refractivity contribution in [2.45, 2.75) is 89.1 Å². The summed E-state index contributed by atoms with van der Waals surface area (Å²) < 4.78 is 26.9. The molecule has 4 aromatic rings. The van der Waals surface area contributed by atoms with Crippen LogP contribution in [0.15, 0.2) is 139 Å². The number of hydrogen-bond donors (Lipinski definition) is 2. The molecule has 1 aliphatic heterocycles. The highest BCUT2D eigenvalue weighted by molar-refractivity contribution is 6.03. The van der Waals surface area contributed by atoms with Crippen LogP contribution in [0.3, 0.4) is 0 Å². The Morgan fingerprint density at radius 2 is 1.64 bits per heavy atom. The molecule has 67 heavy (non-hydrogen) atoms. The van der Waals surface area contributed by atoms with Crippen LogP contribution in [0.25, 0.3) is 11.1 Å². The normalized spacial score (nSPS) is 22.0. The summed E-state index contributed by atoms with van der Waals surface area (Å²) in [5, 5.41) is 36.2. The van der Waals surface area contributed by atoms with Crippen molar-refractivity contribution < 1.29 is 43.7 Å². The number of oxime groups is 1. The van der Waals surface area contributed by atoms with Crippen molar-refractivity contribution in [3.63, 3.8) is 0 Å². The Morgan fingerprint density at radius 1 is 0.925 bits per heavy atom. The molecule has 1 fully saturated rings. The molecule has 0 bridgehead atoms. The molecule has 4 aromatic carbocycles. The van der Waals surface area contributed by atoms with E-state index in [1.54, 1.807) is 29.2 Å². The predicted molar refractivity (Wildman–Crippen MR) is 258 cm³/mol. The fraction of sp³-hybridized carbons (Fsp3) is 0.407. The molecule has 3 aliphatic rings. The highest BCUT2D eigenvalue weighted by Crippen LogP contribution is 2.62. The Balaban J connectivity index is 1.38.